The maximum Gasteiger partial charge on any atom is 0.628 e. The van der Waals surface area contributed by atoms with Gasteiger partial charge in [0.25, 0.3) is 5.78 Å². The number of hydrogen-bond donors (Lipinski definition) is 1. The lowest BCUT2D eigenvalue weighted by Gasteiger charge is -2.21. The predicted octanol–water partition coefficient (Wildman–Crippen LogP) is -1.98. The van der Waals surface area contributed by atoms with E-state index in [1.54, 1.807) is 0 Å². The maximum atomic E-state index is 10.5. The zero-order valence-electron chi connectivity index (χ0n) is 5.40. The Bertz CT molecular complexity index is 162. The molecule has 0 atom stereocenters. The van der Waals surface area contributed by atoms with Gasteiger partial charge in [-0.15, -0.1) is 0 Å². The van der Waals surface area contributed by atoms with E-state index in [0.717, 1.165) is 0 Å². The average Bonchev–Trinajstić information content (AvgIpc) is 1.84. The normalized spacial score (nSPS) is 21.2. The smallest absolute Gasteiger partial charge is 0.490 e. The molecule has 0 aromatic carbocycles. The molecule has 1 saturated heterocycles. The van der Waals surface area contributed by atoms with E-state index in [4.69, 9.17) is 5.02 Å². The van der Waals surface area contributed by atoms with Gasteiger partial charge in [-0.1, -0.05) is 0 Å². The number of carbonyl (C=O) groups excluding carboxylic acids is 2. The first-order chi connectivity index (χ1) is 4.61. The Hall–Kier alpha value is -0.875. The van der Waals surface area contributed by atoms with E-state index in [2.05, 4.69) is 4.65 Å². The lowest BCUT2D eigenvalue weighted by molar-refractivity contribution is -0.151. The average molecular weight is 143 g/mol. The van der Waals surface area contributed by atoms with E-state index < -0.39 is 19.0 Å². The van der Waals surface area contributed by atoms with Crippen molar-refractivity contribution in [2.75, 3.05) is 13.6 Å². The summed E-state index contributed by atoms with van der Waals surface area (Å²) in [4.78, 5) is 22.1. The van der Waals surface area contributed by atoms with Crippen LogP contribution in [-0.2, 0) is 14.2 Å². The van der Waals surface area contributed by atoms with E-state index in [-0.39, 0.29) is 6.54 Å². The minimum absolute atomic E-state index is 0.0833. The third-order valence-electron chi connectivity index (χ3n) is 1.21. The molecule has 5 nitrogen and oxygen atoms in total. The summed E-state index contributed by atoms with van der Waals surface area (Å²) in [6, 6.07) is 0. The number of ketones is 1. The minimum atomic E-state index is -1.27. The van der Waals surface area contributed by atoms with Crippen molar-refractivity contribution in [3.63, 3.8) is 0 Å². The second-order valence-corrected chi connectivity index (χ2v) is 2.07. The summed E-state index contributed by atoms with van der Waals surface area (Å²) in [5.41, 5.74) is 0. The Balaban J connectivity index is 2.63. The molecule has 0 spiro atoms. The summed E-state index contributed by atoms with van der Waals surface area (Å²) in [6.45, 7) is -0.0833. The summed E-state index contributed by atoms with van der Waals surface area (Å²) in [5.74, 6) is -1.60. The Morgan fingerprint density at radius 1 is 1.70 bits per heavy atom. The monoisotopic (exact) mass is 143 g/mol. The maximum absolute atomic E-state index is 10.5. The number of carbonyl (C=O) groups is 2. The van der Waals surface area contributed by atoms with Crippen LogP contribution in [0.1, 0.15) is 0 Å². The van der Waals surface area contributed by atoms with Crippen LogP contribution in [0.5, 0.6) is 0 Å². The van der Waals surface area contributed by atoms with Gasteiger partial charge in [0.05, 0.1) is 6.54 Å². The van der Waals surface area contributed by atoms with Gasteiger partial charge in [-0.05, 0) is 7.05 Å². The fourth-order valence-electron chi connectivity index (χ4n) is 0.621. The predicted molar refractivity (Wildman–Crippen MR) is 31.7 cm³/mol. The van der Waals surface area contributed by atoms with Crippen LogP contribution in [0.2, 0.25) is 0 Å². The van der Waals surface area contributed by atoms with Crippen molar-refractivity contribution in [2.45, 2.75) is 0 Å². The van der Waals surface area contributed by atoms with Gasteiger partial charge in [0.1, 0.15) is 0 Å². The molecule has 1 N–H and O–H groups in total. The molecule has 6 heteroatoms. The summed E-state index contributed by atoms with van der Waals surface area (Å²) in [5, 5.41) is 8.80. The van der Waals surface area contributed by atoms with Crippen LogP contribution < -0.4 is 0 Å². The first-order valence-corrected chi connectivity index (χ1v) is 2.73. The Labute approximate surface area is 57.7 Å². The van der Waals surface area contributed by atoms with Crippen molar-refractivity contribution in [2.24, 2.45) is 0 Å². The van der Waals surface area contributed by atoms with E-state index >= 15 is 0 Å². The second-order valence-electron chi connectivity index (χ2n) is 2.07. The van der Waals surface area contributed by atoms with E-state index in [0.29, 0.717) is 0 Å². The number of rotatable bonds is 0. The molecule has 54 valence electrons. The first-order valence-electron chi connectivity index (χ1n) is 2.73. The molecule has 0 amide bonds. The summed E-state index contributed by atoms with van der Waals surface area (Å²) in [7, 11) is 0.208. The van der Waals surface area contributed by atoms with Crippen molar-refractivity contribution in [3.8, 4) is 0 Å². The van der Waals surface area contributed by atoms with Crippen LogP contribution in [-0.4, -0.2) is 42.4 Å². The fraction of sp³-hybridized carbons (Fsp3) is 0.500. The van der Waals surface area contributed by atoms with Gasteiger partial charge in [0.2, 0.25) is 0 Å². The third-order valence-corrected chi connectivity index (χ3v) is 1.21. The van der Waals surface area contributed by atoms with Gasteiger partial charge < -0.3 is 9.68 Å². The second kappa shape index (κ2) is 2.39. The topological polar surface area (TPSA) is 66.8 Å². The molecule has 1 fully saturated rings. The molecule has 10 heavy (non-hydrogen) atoms. The zero-order valence-corrected chi connectivity index (χ0v) is 5.40. The molecule has 1 aliphatic rings. The summed E-state index contributed by atoms with van der Waals surface area (Å²) >= 11 is 0. The number of nitrogens with zero attached hydrogens (tertiary/aromatic N) is 1. The van der Waals surface area contributed by atoms with E-state index in [9.17, 15) is 9.59 Å². The number of Topliss-reactive ketones (excluding diaryl/α,β-unsaturated/α-hetero) is 1. The fourth-order valence-corrected chi connectivity index (χ4v) is 0.621. The molecule has 0 radical (unpaired) electrons. The zero-order chi connectivity index (χ0) is 7.72. The summed E-state index contributed by atoms with van der Waals surface area (Å²) < 4.78 is 4.20. The molecule has 0 aliphatic carbocycles. The SMILES string of the molecule is CN1CC(=O)C(=O)OB1O. The van der Waals surface area contributed by atoms with Crippen molar-refractivity contribution in [3.05, 3.63) is 0 Å². The van der Waals surface area contributed by atoms with Gasteiger partial charge >= 0.3 is 13.2 Å². The van der Waals surface area contributed by atoms with Gasteiger partial charge in [0, 0.05) is 0 Å². The van der Waals surface area contributed by atoms with Crippen LogP contribution in [0.25, 0.3) is 0 Å². The van der Waals surface area contributed by atoms with Gasteiger partial charge in [0.15, 0.2) is 0 Å². The molecule has 0 aromatic heterocycles. The van der Waals surface area contributed by atoms with Gasteiger partial charge in [-0.25, -0.2) is 4.79 Å². The molecule has 1 rings (SSSR count). The first kappa shape index (κ1) is 7.23. The highest BCUT2D eigenvalue weighted by Gasteiger charge is 2.36. The Kier molecular flexibility index (Phi) is 1.73. The van der Waals surface area contributed by atoms with Crippen LogP contribution in [0, 0.1) is 0 Å². The van der Waals surface area contributed by atoms with E-state index in [1.807, 2.05) is 0 Å². The quantitative estimate of drug-likeness (QED) is 0.314. The number of likely N-dealkylation sites (N-methyl/N-ethyl adjacent to an activating group) is 1. The summed E-state index contributed by atoms with van der Waals surface area (Å²) in [6.07, 6.45) is 0. The largest absolute Gasteiger partial charge is 0.628 e. The van der Waals surface area contributed by atoms with E-state index in [1.165, 1.54) is 11.9 Å². The molecule has 1 aliphatic heterocycles. The van der Waals surface area contributed by atoms with Crippen molar-refractivity contribution in [1.29, 1.82) is 0 Å². The van der Waals surface area contributed by atoms with Crippen molar-refractivity contribution >= 4 is 19.0 Å². The lowest BCUT2D eigenvalue weighted by atomic mass is 10.0. The van der Waals surface area contributed by atoms with Crippen molar-refractivity contribution < 1.29 is 19.3 Å². The molecule has 0 bridgehead atoms. The standard InChI is InChI=1S/C4H6BNO4/c1-6-2-3(7)4(8)10-5(6)9/h9H,2H2,1H3. The number of hydrogen-bond acceptors (Lipinski definition) is 5. The molecular formula is C4H6BNO4. The van der Waals surface area contributed by atoms with Crippen molar-refractivity contribution in [1.82, 2.24) is 4.81 Å². The van der Waals surface area contributed by atoms with Crippen LogP contribution in [0.15, 0.2) is 0 Å². The molecule has 0 unspecified atom stereocenters. The highest BCUT2D eigenvalue weighted by atomic mass is 16.6. The van der Waals surface area contributed by atoms with Crippen LogP contribution >= 0.6 is 0 Å². The lowest BCUT2D eigenvalue weighted by Crippen LogP contribution is -2.51. The van der Waals surface area contributed by atoms with Gasteiger partial charge in [-0.2, -0.15) is 0 Å². The third kappa shape index (κ3) is 1.17. The molecular weight excluding hydrogens is 137 g/mol. The molecule has 0 aromatic rings. The van der Waals surface area contributed by atoms with Crippen LogP contribution in [0.3, 0.4) is 0 Å². The molecule has 1 heterocycles. The molecule has 0 saturated carbocycles. The highest BCUT2D eigenvalue weighted by molar-refractivity contribution is 6.52. The highest BCUT2D eigenvalue weighted by Crippen LogP contribution is 1.99. The van der Waals surface area contributed by atoms with Crippen LogP contribution in [0.4, 0.5) is 0 Å². The minimum Gasteiger partial charge on any atom is -0.490 e. The Morgan fingerprint density at radius 2 is 2.30 bits per heavy atom. The Morgan fingerprint density at radius 3 is 2.80 bits per heavy atom. The van der Waals surface area contributed by atoms with Gasteiger partial charge in [-0.3, -0.25) is 9.61 Å².